The molecule has 0 bridgehead atoms. The highest BCUT2D eigenvalue weighted by molar-refractivity contribution is 6.90. The van der Waals surface area contributed by atoms with Gasteiger partial charge in [0.2, 0.25) is 0 Å². The van der Waals surface area contributed by atoms with E-state index in [0.29, 0.717) is 16.6 Å². The van der Waals surface area contributed by atoms with Crippen LogP contribution in [0.3, 0.4) is 0 Å². The SMILES string of the molecule is CC(C)[Si](C#Cc1ccncc1C#Cc1cnccc1C#C[Si](C)(C)C)(C(C)C)C(C)C. The number of hydrogen-bond donors (Lipinski definition) is 0. The predicted molar refractivity (Wildman–Crippen MR) is 143 cm³/mol. The van der Waals surface area contributed by atoms with Crippen molar-refractivity contribution in [1.29, 1.82) is 0 Å². The van der Waals surface area contributed by atoms with Gasteiger partial charge >= 0.3 is 0 Å². The van der Waals surface area contributed by atoms with Crippen LogP contribution in [-0.4, -0.2) is 26.1 Å². The van der Waals surface area contributed by atoms with Crippen LogP contribution >= 0.6 is 0 Å². The van der Waals surface area contributed by atoms with Gasteiger partial charge in [0, 0.05) is 35.9 Å². The molecule has 0 aromatic carbocycles. The second kappa shape index (κ2) is 10.8. The molecule has 0 saturated heterocycles. The largest absolute Gasteiger partial charge is 0.263 e. The highest BCUT2D eigenvalue weighted by Crippen LogP contribution is 2.40. The Kier molecular flexibility index (Phi) is 8.68. The first-order valence-electron chi connectivity index (χ1n) is 11.4. The third-order valence-corrected chi connectivity index (χ3v) is 13.0. The van der Waals surface area contributed by atoms with Crippen molar-refractivity contribution in [3.8, 4) is 34.8 Å². The minimum Gasteiger partial charge on any atom is -0.263 e. The second-order valence-corrected chi connectivity index (χ2v) is 20.6. The van der Waals surface area contributed by atoms with Gasteiger partial charge in [0.1, 0.15) is 16.1 Å². The van der Waals surface area contributed by atoms with Crippen molar-refractivity contribution in [2.24, 2.45) is 0 Å². The number of nitrogens with zero attached hydrogens (tertiary/aromatic N) is 2. The minimum atomic E-state index is -1.81. The van der Waals surface area contributed by atoms with E-state index in [9.17, 15) is 0 Å². The lowest BCUT2D eigenvalue weighted by Crippen LogP contribution is -2.43. The Morgan fingerprint density at radius 1 is 0.594 bits per heavy atom. The number of pyridine rings is 2. The molecule has 2 rings (SSSR count). The zero-order valence-electron chi connectivity index (χ0n) is 21.1. The average Bonchev–Trinajstić information content (AvgIpc) is 2.71. The summed E-state index contributed by atoms with van der Waals surface area (Å²) in [5.74, 6) is 13.4. The molecule has 2 aromatic heterocycles. The van der Waals surface area contributed by atoms with Gasteiger partial charge in [-0.05, 0) is 28.8 Å². The molecule has 0 amide bonds. The summed E-state index contributed by atoms with van der Waals surface area (Å²) >= 11 is 0. The first-order valence-corrected chi connectivity index (χ1v) is 17.2. The van der Waals surface area contributed by atoms with E-state index in [0.717, 1.165) is 22.3 Å². The molecule has 32 heavy (non-hydrogen) atoms. The highest BCUT2D eigenvalue weighted by Gasteiger charge is 2.41. The van der Waals surface area contributed by atoms with Crippen LogP contribution in [0, 0.1) is 34.8 Å². The van der Waals surface area contributed by atoms with Crippen LogP contribution in [0.2, 0.25) is 36.3 Å². The maximum Gasteiger partial charge on any atom is 0.146 e. The summed E-state index contributed by atoms with van der Waals surface area (Å²) in [5.41, 5.74) is 12.6. The molecule has 0 fully saturated rings. The molecule has 0 aliphatic rings. The summed E-state index contributed by atoms with van der Waals surface area (Å²) in [4.78, 5) is 8.56. The van der Waals surface area contributed by atoms with E-state index in [4.69, 9.17) is 0 Å². The molecule has 0 aliphatic carbocycles. The van der Waals surface area contributed by atoms with Gasteiger partial charge in [0.05, 0.1) is 11.1 Å². The van der Waals surface area contributed by atoms with Crippen molar-refractivity contribution in [3.63, 3.8) is 0 Å². The van der Waals surface area contributed by atoms with Gasteiger partial charge in [0.15, 0.2) is 0 Å². The van der Waals surface area contributed by atoms with Crippen LogP contribution in [0.4, 0.5) is 0 Å². The van der Waals surface area contributed by atoms with E-state index in [1.54, 1.807) is 18.6 Å². The van der Waals surface area contributed by atoms with Gasteiger partial charge in [-0.15, -0.1) is 11.1 Å². The number of aromatic nitrogens is 2. The summed E-state index contributed by atoms with van der Waals surface area (Å²) in [6, 6.07) is 3.92. The van der Waals surface area contributed by atoms with Crippen LogP contribution in [0.1, 0.15) is 63.8 Å². The van der Waals surface area contributed by atoms with Gasteiger partial charge < -0.3 is 0 Å². The molecule has 0 radical (unpaired) electrons. The Morgan fingerprint density at radius 3 is 1.38 bits per heavy atom. The van der Waals surface area contributed by atoms with E-state index in [2.05, 4.69) is 106 Å². The normalized spacial score (nSPS) is 11.4. The van der Waals surface area contributed by atoms with Crippen molar-refractivity contribution in [2.75, 3.05) is 0 Å². The fourth-order valence-corrected chi connectivity index (χ4v) is 9.93. The fourth-order valence-electron chi connectivity index (χ4n) is 4.20. The van der Waals surface area contributed by atoms with Crippen molar-refractivity contribution in [2.45, 2.75) is 77.8 Å². The smallest absolute Gasteiger partial charge is 0.146 e. The molecule has 0 aliphatic heterocycles. The number of hydrogen-bond acceptors (Lipinski definition) is 2. The first kappa shape index (κ1) is 25.7. The molecule has 2 heterocycles. The van der Waals surface area contributed by atoms with Crippen LogP contribution in [0.25, 0.3) is 0 Å². The lowest BCUT2D eigenvalue weighted by atomic mass is 10.1. The van der Waals surface area contributed by atoms with E-state index in [1.807, 2.05) is 18.3 Å². The minimum absolute atomic E-state index is 0.592. The van der Waals surface area contributed by atoms with Crippen molar-refractivity contribution in [1.82, 2.24) is 9.97 Å². The molecule has 0 saturated carbocycles. The third kappa shape index (κ3) is 6.46. The maximum atomic E-state index is 4.30. The standard InChI is InChI=1S/C28H36N2Si2/c1-22(2)32(23(3)4,24(5)6)19-15-26-13-17-30-21-28(26)11-10-27-20-29-16-12-25(27)14-18-31(7,8)9/h12-13,16-17,20-24H,1-9H3. The summed E-state index contributed by atoms with van der Waals surface area (Å²) in [7, 11) is -3.28. The van der Waals surface area contributed by atoms with E-state index >= 15 is 0 Å². The predicted octanol–water partition coefficient (Wildman–Crippen LogP) is 6.67. The quantitative estimate of drug-likeness (QED) is 0.380. The van der Waals surface area contributed by atoms with E-state index < -0.39 is 16.1 Å². The van der Waals surface area contributed by atoms with Crippen LogP contribution in [-0.2, 0) is 0 Å². The monoisotopic (exact) mass is 456 g/mol. The van der Waals surface area contributed by atoms with Crippen LogP contribution < -0.4 is 0 Å². The molecular weight excluding hydrogens is 420 g/mol. The molecule has 4 heteroatoms. The zero-order chi connectivity index (χ0) is 23.9. The highest BCUT2D eigenvalue weighted by atomic mass is 28.3. The number of rotatable bonds is 3. The Bertz CT molecular complexity index is 1100. The molecule has 0 atom stereocenters. The second-order valence-electron chi connectivity index (χ2n) is 10.2. The average molecular weight is 457 g/mol. The fraction of sp³-hybridized carbons (Fsp3) is 0.429. The molecule has 0 unspecified atom stereocenters. The Morgan fingerprint density at radius 2 is 1.00 bits per heavy atom. The molecule has 0 spiro atoms. The molecule has 2 nitrogen and oxygen atoms in total. The molecule has 2 aromatic rings. The van der Waals surface area contributed by atoms with Gasteiger partial charge in [0.25, 0.3) is 0 Å². The maximum absolute atomic E-state index is 4.30. The van der Waals surface area contributed by atoms with Crippen LogP contribution in [0.5, 0.6) is 0 Å². The van der Waals surface area contributed by atoms with Gasteiger partial charge in [-0.1, -0.05) is 84.9 Å². The Labute approximate surface area is 197 Å². The topological polar surface area (TPSA) is 25.8 Å². The molecule has 166 valence electrons. The summed E-state index contributed by atoms with van der Waals surface area (Å²) in [5, 5.41) is 0. The van der Waals surface area contributed by atoms with Gasteiger partial charge in [-0.2, -0.15) is 0 Å². The molecular formula is C28H36N2Si2. The van der Waals surface area contributed by atoms with E-state index in [1.165, 1.54) is 0 Å². The van der Waals surface area contributed by atoms with Crippen molar-refractivity contribution >= 4 is 16.1 Å². The lowest BCUT2D eigenvalue weighted by Gasteiger charge is -2.38. The Hall–Kier alpha value is -2.59. The van der Waals surface area contributed by atoms with Crippen LogP contribution in [0.15, 0.2) is 36.9 Å². The molecule has 0 N–H and O–H groups in total. The van der Waals surface area contributed by atoms with E-state index in [-0.39, 0.29) is 0 Å². The lowest BCUT2D eigenvalue weighted by molar-refractivity contribution is 0.838. The summed E-state index contributed by atoms with van der Waals surface area (Å²) in [6.07, 6.45) is 7.17. The Balaban J connectivity index is 2.52. The third-order valence-electron chi connectivity index (χ3n) is 5.83. The van der Waals surface area contributed by atoms with Gasteiger partial charge in [-0.3, -0.25) is 9.97 Å². The summed E-state index contributed by atoms with van der Waals surface area (Å²) < 4.78 is 0. The van der Waals surface area contributed by atoms with Crippen molar-refractivity contribution in [3.05, 3.63) is 59.2 Å². The van der Waals surface area contributed by atoms with Gasteiger partial charge in [-0.25, -0.2) is 0 Å². The zero-order valence-corrected chi connectivity index (χ0v) is 23.1. The van der Waals surface area contributed by atoms with Crippen molar-refractivity contribution < 1.29 is 0 Å². The summed E-state index contributed by atoms with van der Waals surface area (Å²) in [6.45, 7) is 20.7. The first-order chi connectivity index (χ1) is 15.0.